The summed E-state index contributed by atoms with van der Waals surface area (Å²) in [6.45, 7) is 1.36. The van der Waals surface area contributed by atoms with Crippen molar-refractivity contribution in [2.75, 3.05) is 23.7 Å². The molecule has 1 aromatic carbocycles. The summed E-state index contributed by atoms with van der Waals surface area (Å²) in [6, 6.07) is 5.70. The van der Waals surface area contributed by atoms with Gasteiger partial charge in [0.1, 0.15) is 4.21 Å². The summed E-state index contributed by atoms with van der Waals surface area (Å²) in [5.41, 5.74) is -1.16. The van der Waals surface area contributed by atoms with Crippen molar-refractivity contribution in [3.8, 4) is 0 Å². The van der Waals surface area contributed by atoms with Crippen molar-refractivity contribution < 1.29 is 31.2 Å². The Morgan fingerprint density at radius 2 is 1.90 bits per heavy atom. The number of alkyl halides is 3. The zero-order valence-corrected chi connectivity index (χ0v) is 18.0. The second kappa shape index (κ2) is 8.97. The summed E-state index contributed by atoms with van der Waals surface area (Å²) in [5.74, 6) is -1.87. The normalized spacial score (nSPS) is 17.9. The smallest absolute Gasteiger partial charge is 0.325 e. The van der Waals surface area contributed by atoms with E-state index in [1.165, 1.54) is 17.3 Å². The van der Waals surface area contributed by atoms with Crippen LogP contribution < -0.4 is 10.6 Å². The Labute approximate surface area is 181 Å². The van der Waals surface area contributed by atoms with Gasteiger partial charge in [0, 0.05) is 20.0 Å². The molecule has 7 nitrogen and oxygen atoms in total. The van der Waals surface area contributed by atoms with Gasteiger partial charge in [-0.05, 0) is 42.5 Å². The lowest BCUT2D eigenvalue weighted by molar-refractivity contribution is -0.137. The van der Waals surface area contributed by atoms with Crippen molar-refractivity contribution in [3.63, 3.8) is 0 Å². The lowest BCUT2D eigenvalue weighted by Gasteiger charge is -2.31. The van der Waals surface area contributed by atoms with Gasteiger partial charge >= 0.3 is 6.18 Å². The fourth-order valence-electron chi connectivity index (χ4n) is 3.27. The molecule has 3 rings (SSSR count). The number of rotatable bonds is 5. The molecule has 2 aromatic rings. The number of carbonyl (C=O) groups is 2. The van der Waals surface area contributed by atoms with Crippen LogP contribution in [-0.2, 0) is 25.8 Å². The molecule has 2 heterocycles. The number of hydrogen-bond acceptors (Lipinski definition) is 5. The topological polar surface area (TPSA) is 95.6 Å². The molecule has 1 atom stereocenters. The monoisotopic (exact) mass is 475 g/mol. The average Bonchev–Trinajstić information content (AvgIpc) is 3.24. The second-order valence-electron chi connectivity index (χ2n) is 7.06. The molecule has 1 saturated heterocycles. The van der Waals surface area contributed by atoms with E-state index >= 15 is 0 Å². The quantitative estimate of drug-likeness (QED) is 0.688. The zero-order chi connectivity index (χ0) is 22.8. The summed E-state index contributed by atoms with van der Waals surface area (Å²) >= 11 is 1.07. The van der Waals surface area contributed by atoms with E-state index < -0.39 is 39.5 Å². The minimum Gasteiger partial charge on any atom is -0.325 e. The van der Waals surface area contributed by atoms with Crippen molar-refractivity contribution in [1.29, 1.82) is 0 Å². The van der Waals surface area contributed by atoms with Crippen LogP contribution in [0.15, 0.2) is 39.9 Å². The van der Waals surface area contributed by atoms with Crippen LogP contribution in [0.3, 0.4) is 0 Å². The van der Waals surface area contributed by atoms with Crippen molar-refractivity contribution in [3.05, 3.63) is 41.3 Å². The predicted octanol–water partition coefficient (Wildman–Crippen LogP) is 3.76. The largest absolute Gasteiger partial charge is 0.416 e. The van der Waals surface area contributed by atoms with Gasteiger partial charge in [-0.15, -0.1) is 11.3 Å². The highest BCUT2D eigenvalue weighted by Crippen LogP contribution is 2.35. The molecule has 2 amide bonds. The number of anilines is 2. The van der Waals surface area contributed by atoms with Crippen molar-refractivity contribution in [1.82, 2.24) is 4.31 Å². The molecule has 1 fully saturated rings. The van der Waals surface area contributed by atoms with E-state index in [4.69, 9.17) is 0 Å². The Morgan fingerprint density at radius 1 is 1.16 bits per heavy atom. The van der Waals surface area contributed by atoms with Crippen LogP contribution >= 0.6 is 11.3 Å². The first-order chi connectivity index (χ1) is 14.5. The van der Waals surface area contributed by atoms with Gasteiger partial charge in [-0.1, -0.05) is 6.07 Å². The molecule has 0 aliphatic carbocycles. The molecule has 1 aliphatic heterocycles. The number of nitrogens with zero attached hydrogens (tertiary/aromatic N) is 1. The molecule has 168 valence electrons. The second-order valence-corrected chi connectivity index (χ2v) is 10.2. The van der Waals surface area contributed by atoms with Gasteiger partial charge in [-0.25, -0.2) is 8.42 Å². The molecule has 12 heteroatoms. The zero-order valence-electron chi connectivity index (χ0n) is 16.4. The fraction of sp³-hybridized carbons (Fsp3) is 0.368. The minimum atomic E-state index is -4.63. The summed E-state index contributed by atoms with van der Waals surface area (Å²) < 4.78 is 66.2. The van der Waals surface area contributed by atoms with Crippen molar-refractivity contribution >= 4 is 44.5 Å². The Hall–Kier alpha value is -2.44. The van der Waals surface area contributed by atoms with Gasteiger partial charge in [0.2, 0.25) is 11.8 Å². The van der Waals surface area contributed by atoms with E-state index in [-0.39, 0.29) is 28.7 Å². The number of benzene rings is 1. The summed E-state index contributed by atoms with van der Waals surface area (Å²) in [4.78, 5) is 24.2. The highest BCUT2D eigenvalue weighted by atomic mass is 32.2. The van der Waals surface area contributed by atoms with E-state index in [0.717, 1.165) is 29.5 Å². The Bertz CT molecular complexity index is 1070. The molecular formula is C19H20F3N3O4S2. The summed E-state index contributed by atoms with van der Waals surface area (Å²) in [5, 5.41) is 6.46. The predicted molar refractivity (Wildman–Crippen MR) is 110 cm³/mol. The van der Waals surface area contributed by atoms with Gasteiger partial charge in [-0.2, -0.15) is 17.5 Å². The van der Waals surface area contributed by atoms with Gasteiger partial charge in [0.25, 0.3) is 10.0 Å². The van der Waals surface area contributed by atoms with Gasteiger partial charge in [-0.3, -0.25) is 9.59 Å². The number of nitrogens with one attached hydrogen (secondary N) is 2. The van der Waals surface area contributed by atoms with Gasteiger partial charge in [0.15, 0.2) is 0 Å². The molecule has 31 heavy (non-hydrogen) atoms. The van der Waals surface area contributed by atoms with Crippen LogP contribution in [0, 0.1) is 5.92 Å². The number of amides is 2. The maximum atomic E-state index is 13.1. The third-order valence-electron chi connectivity index (χ3n) is 4.76. The van der Waals surface area contributed by atoms with E-state index in [2.05, 4.69) is 10.6 Å². The number of sulfonamides is 1. The highest BCUT2D eigenvalue weighted by Gasteiger charge is 2.35. The third kappa shape index (κ3) is 5.43. The van der Waals surface area contributed by atoms with Crippen LogP contribution in [0.4, 0.5) is 24.5 Å². The third-order valence-corrected chi connectivity index (χ3v) is 8.00. The number of piperidine rings is 1. The number of hydrogen-bond donors (Lipinski definition) is 2. The van der Waals surface area contributed by atoms with Gasteiger partial charge in [0.05, 0.1) is 22.9 Å². The lowest BCUT2D eigenvalue weighted by Crippen LogP contribution is -2.43. The van der Waals surface area contributed by atoms with E-state index in [1.807, 2.05) is 0 Å². The number of thiophene rings is 1. The fourth-order valence-corrected chi connectivity index (χ4v) is 5.94. The maximum Gasteiger partial charge on any atom is 0.416 e. The van der Waals surface area contributed by atoms with Crippen molar-refractivity contribution in [2.24, 2.45) is 5.92 Å². The molecule has 0 bridgehead atoms. The SMILES string of the molecule is CC(=O)Nc1ccc(C(F)(F)F)cc1NC(=O)C1CCCN(S(=O)(=O)c2cccs2)C1. The highest BCUT2D eigenvalue weighted by molar-refractivity contribution is 7.91. The molecular weight excluding hydrogens is 455 g/mol. The molecule has 1 aliphatic rings. The summed E-state index contributed by atoms with van der Waals surface area (Å²) in [7, 11) is -3.74. The Balaban J connectivity index is 1.81. The first kappa shape index (κ1) is 23.2. The van der Waals surface area contributed by atoms with Crippen molar-refractivity contribution in [2.45, 2.75) is 30.2 Å². The van der Waals surface area contributed by atoms with Crippen LogP contribution in [0.5, 0.6) is 0 Å². The first-order valence-electron chi connectivity index (χ1n) is 9.32. The van der Waals surface area contributed by atoms with Gasteiger partial charge < -0.3 is 10.6 Å². The lowest BCUT2D eigenvalue weighted by atomic mass is 9.98. The first-order valence-corrected chi connectivity index (χ1v) is 11.6. The van der Waals surface area contributed by atoms with Crippen LogP contribution in [0.25, 0.3) is 0 Å². The average molecular weight is 476 g/mol. The van der Waals surface area contributed by atoms with Crippen LogP contribution in [0.1, 0.15) is 25.3 Å². The Kier molecular flexibility index (Phi) is 6.72. The van der Waals surface area contributed by atoms with E-state index in [9.17, 15) is 31.2 Å². The van der Waals surface area contributed by atoms with E-state index in [0.29, 0.717) is 12.8 Å². The molecule has 2 N–H and O–H groups in total. The molecule has 0 saturated carbocycles. The molecule has 1 aromatic heterocycles. The molecule has 0 spiro atoms. The standard InChI is InChI=1S/C19H20F3N3O4S2/c1-12(26)23-15-7-6-14(19(20,21)22)10-16(15)24-18(27)13-4-2-8-25(11-13)31(28,29)17-5-3-9-30-17/h3,5-7,9-10,13H,2,4,8,11H2,1H3,(H,23,26)(H,24,27). The van der Waals surface area contributed by atoms with Crippen LogP contribution in [0.2, 0.25) is 0 Å². The van der Waals surface area contributed by atoms with E-state index in [1.54, 1.807) is 11.4 Å². The number of halogens is 3. The van der Waals surface area contributed by atoms with Crippen LogP contribution in [-0.4, -0.2) is 37.6 Å². The molecule has 0 radical (unpaired) electrons. The maximum absolute atomic E-state index is 13.1. The Morgan fingerprint density at radius 3 is 2.52 bits per heavy atom. The molecule has 1 unspecified atom stereocenters. The minimum absolute atomic E-state index is 0.0210. The summed E-state index contributed by atoms with van der Waals surface area (Å²) in [6.07, 6.45) is -3.81. The number of carbonyl (C=O) groups excluding carboxylic acids is 2.